The van der Waals surface area contributed by atoms with E-state index in [1.165, 1.54) is 44.3 Å². The fourth-order valence-electron chi connectivity index (χ4n) is 7.92. The summed E-state index contributed by atoms with van der Waals surface area (Å²) in [5, 5.41) is 2.47. The van der Waals surface area contributed by atoms with Gasteiger partial charge in [0.2, 0.25) is 0 Å². The molecule has 0 spiro atoms. The van der Waals surface area contributed by atoms with E-state index in [1.807, 2.05) is 0 Å². The van der Waals surface area contributed by atoms with Gasteiger partial charge in [-0.3, -0.25) is 0 Å². The highest BCUT2D eigenvalue weighted by molar-refractivity contribution is 5.99. The Morgan fingerprint density at radius 2 is 0.849 bits per heavy atom. The predicted molar refractivity (Wildman–Crippen MR) is 226 cm³/mol. The van der Waals surface area contributed by atoms with Crippen LogP contribution in [0.4, 0.5) is 34.1 Å². The maximum atomic E-state index is 2.41. The summed E-state index contributed by atoms with van der Waals surface area (Å²) >= 11 is 0. The van der Waals surface area contributed by atoms with E-state index in [9.17, 15) is 0 Å². The summed E-state index contributed by atoms with van der Waals surface area (Å²) in [4.78, 5) is 4.69. The van der Waals surface area contributed by atoms with Crippen molar-refractivity contribution >= 4 is 57.0 Å². The third kappa shape index (κ3) is 5.99. The molecule has 0 heterocycles. The lowest BCUT2D eigenvalue weighted by Gasteiger charge is -2.29. The van der Waals surface area contributed by atoms with E-state index in [-0.39, 0.29) is 5.41 Å². The molecule has 0 unspecified atom stereocenters. The Morgan fingerprint density at radius 3 is 1.51 bits per heavy atom. The lowest BCUT2D eigenvalue weighted by Crippen LogP contribution is -2.16. The normalized spacial score (nSPS) is 12.8. The molecule has 2 heteroatoms. The SMILES string of the molecule is CC1(C)c2cc(C=Cc3ccc(N(c4ccccc4)c4ccccc4)cc3)ccc2-c2ccc(N(c3ccccc3)c3cccc4ccccc34)cc21. The molecule has 0 amide bonds. The van der Waals surface area contributed by atoms with Crippen LogP contribution < -0.4 is 9.80 Å². The molecular weight excluding hydrogens is 641 g/mol. The second kappa shape index (κ2) is 13.5. The van der Waals surface area contributed by atoms with Crippen LogP contribution in [0.2, 0.25) is 0 Å². The number of fused-ring (bicyclic) bond motifs is 4. The molecule has 8 aromatic rings. The van der Waals surface area contributed by atoms with Gasteiger partial charge >= 0.3 is 0 Å². The number of para-hydroxylation sites is 3. The van der Waals surface area contributed by atoms with Gasteiger partial charge in [0.15, 0.2) is 0 Å². The molecule has 0 aromatic heterocycles. The van der Waals surface area contributed by atoms with Crippen molar-refractivity contribution in [1.82, 2.24) is 0 Å². The highest BCUT2D eigenvalue weighted by atomic mass is 15.1. The van der Waals surface area contributed by atoms with E-state index in [1.54, 1.807) is 0 Å². The molecule has 53 heavy (non-hydrogen) atoms. The maximum absolute atomic E-state index is 2.41. The molecule has 0 N–H and O–H groups in total. The Bertz CT molecular complexity index is 2520. The fraction of sp³-hybridized carbons (Fsp3) is 0.0588. The Kier molecular flexibility index (Phi) is 8.21. The van der Waals surface area contributed by atoms with Crippen LogP contribution in [0.15, 0.2) is 194 Å². The molecule has 0 atom stereocenters. The molecule has 9 rings (SSSR count). The molecule has 0 radical (unpaired) electrons. The number of hydrogen-bond donors (Lipinski definition) is 0. The van der Waals surface area contributed by atoms with E-state index >= 15 is 0 Å². The minimum atomic E-state index is -0.161. The highest BCUT2D eigenvalue weighted by Gasteiger charge is 2.36. The van der Waals surface area contributed by atoms with Gasteiger partial charge in [0.05, 0.1) is 5.69 Å². The van der Waals surface area contributed by atoms with Gasteiger partial charge in [-0.15, -0.1) is 0 Å². The first-order valence-corrected chi connectivity index (χ1v) is 18.4. The van der Waals surface area contributed by atoms with Crippen LogP contribution in [0.5, 0.6) is 0 Å². The topological polar surface area (TPSA) is 6.48 Å². The zero-order valence-corrected chi connectivity index (χ0v) is 30.0. The number of benzene rings is 8. The van der Waals surface area contributed by atoms with Gasteiger partial charge in [0.1, 0.15) is 0 Å². The monoisotopic (exact) mass is 680 g/mol. The third-order valence-corrected chi connectivity index (χ3v) is 10.6. The van der Waals surface area contributed by atoms with Gasteiger partial charge in [-0.05, 0) is 105 Å². The lowest BCUT2D eigenvalue weighted by molar-refractivity contribution is 0.660. The van der Waals surface area contributed by atoms with Crippen molar-refractivity contribution in [3.8, 4) is 11.1 Å². The van der Waals surface area contributed by atoms with E-state index in [0.29, 0.717) is 0 Å². The summed E-state index contributed by atoms with van der Waals surface area (Å²) in [5.74, 6) is 0. The van der Waals surface area contributed by atoms with Crippen LogP contribution in [0.1, 0.15) is 36.1 Å². The first kappa shape index (κ1) is 32.3. The van der Waals surface area contributed by atoms with Crippen LogP contribution in [0.25, 0.3) is 34.1 Å². The molecule has 0 aliphatic heterocycles. The van der Waals surface area contributed by atoms with Crippen LogP contribution in [-0.4, -0.2) is 0 Å². The Balaban J connectivity index is 1.02. The first-order valence-electron chi connectivity index (χ1n) is 18.4. The zero-order chi connectivity index (χ0) is 35.8. The van der Waals surface area contributed by atoms with Gasteiger partial charge in [0, 0.05) is 39.2 Å². The Hall–Kier alpha value is -6.64. The summed E-state index contributed by atoms with van der Waals surface area (Å²) in [6.07, 6.45) is 4.46. The molecular formula is C51H40N2. The van der Waals surface area contributed by atoms with Crippen molar-refractivity contribution in [2.45, 2.75) is 19.3 Å². The number of nitrogens with zero attached hydrogens (tertiary/aromatic N) is 2. The highest BCUT2D eigenvalue weighted by Crippen LogP contribution is 2.51. The average molecular weight is 681 g/mol. The molecule has 0 saturated carbocycles. The molecule has 1 aliphatic carbocycles. The van der Waals surface area contributed by atoms with Gasteiger partial charge in [0.25, 0.3) is 0 Å². The largest absolute Gasteiger partial charge is 0.311 e. The van der Waals surface area contributed by atoms with E-state index in [2.05, 4.69) is 230 Å². The molecule has 2 nitrogen and oxygen atoms in total. The third-order valence-electron chi connectivity index (χ3n) is 10.6. The van der Waals surface area contributed by atoms with E-state index in [4.69, 9.17) is 0 Å². The first-order chi connectivity index (χ1) is 26.0. The van der Waals surface area contributed by atoms with E-state index < -0.39 is 0 Å². The summed E-state index contributed by atoms with van der Waals surface area (Å²) < 4.78 is 0. The van der Waals surface area contributed by atoms with Gasteiger partial charge in [-0.1, -0.05) is 153 Å². The molecule has 0 saturated heterocycles. The molecule has 1 aliphatic rings. The number of anilines is 6. The van der Waals surface area contributed by atoms with Gasteiger partial charge < -0.3 is 9.80 Å². The standard InChI is InChI=1S/C51H40N2/c1-51(2)48-35-38(26-25-37-27-30-43(31-28-37)52(40-17-6-3-7-18-40)41-19-8-4-9-20-41)29-33-46(48)47-34-32-44(36-49(47)51)53(42-21-10-5-11-22-42)50-24-14-16-39-15-12-13-23-45(39)50/h3-36H,1-2H3. The minimum Gasteiger partial charge on any atom is -0.311 e. The Morgan fingerprint density at radius 1 is 0.377 bits per heavy atom. The van der Waals surface area contributed by atoms with Crippen molar-refractivity contribution in [1.29, 1.82) is 0 Å². The van der Waals surface area contributed by atoms with Crippen molar-refractivity contribution in [3.05, 3.63) is 216 Å². The van der Waals surface area contributed by atoms with Gasteiger partial charge in [-0.25, -0.2) is 0 Å². The predicted octanol–water partition coefficient (Wildman–Crippen LogP) is 14.3. The van der Waals surface area contributed by atoms with Crippen molar-refractivity contribution in [3.63, 3.8) is 0 Å². The molecule has 254 valence electrons. The summed E-state index contributed by atoms with van der Waals surface area (Å²) in [5.41, 5.74) is 14.4. The number of rotatable bonds is 8. The smallest absolute Gasteiger partial charge is 0.0540 e. The fourth-order valence-corrected chi connectivity index (χ4v) is 7.92. The zero-order valence-electron chi connectivity index (χ0n) is 30.0. The second-order valence-corrected chi connectivity index (χ2v) is 14.3. The second-order valence-electron chi connectivity index (χ2n) is 14.3. The molecule has 0 bridgehead atoms. The average Bonchev–Trinajstić information content (AvgIpc) is 3.44. The van der Waals surface area contributed by atoms with Crippen LogP contribution in [-0.2, 0) is 5.41 Å². The lowest BCUT2D eigenvalue weighted by atomic mass is 9.81. The minimum absolute atomic E-state index is 0.161. The van der Waals surface area contributed by atoms with Crippen molar-refractivity contribution < 1.29 is 0 Å². The molecule has 8 aromatic carbocycles. The Labute approximate surface area is 312 Å². The quantitative estimate of drug-likeness (QED) is 0.147. The summed E-state index contributed by atoms with van der Waals surface area (Å²) in [6, 6.07) is 69.8. The summed E-state index contributed by atoms with van der Waals surface area (Å²) in [6.45, 7) is 4.73. The van der Waals surface area contributed by atoms with Crippen LogP contribution >= 0.6 is 0 Å². The van der Waals surface area contributed by atoms with E-state index in [0.717, 1.165) is 34.0 Å². The number of hydrogen-bond acceptors (Lipinski definition) is 2. The van der Waals surface area contributed by atoms with Crippen LogP contribution in [0, 0.1) is 0 Å². The maximum Gasteiger partial charge on any atom is 0.0540 e. The molecule has 0 fully saturated rings. The summed E-state index contributed by atoms with van der Waals surface area (Å²) in [7, 11) is 0. The van der Waals surface area contributed by atoms with Gasteiger partial charge in [-0.2, -0.15) is 0 Å². The van der Waals surface area contributed by atoms with Crippen molar-refractivity contribution in [2.24, 2.45) is 0 Å². The van der Waals surface area contributed by atoms with Crippen LogP contribution in [0.3, 0.4) is 0 Å². The van der Waals surface area contributed by atoms with Crippen molar-refractivity contribution in [2.75, 3.05) is 9.80 Å².